The summed E-state index contributed by atoms with van der Waals surface area (Å²) in [5, 5.41) is 11.4. The van der Waals surface area contributed by atoms with Crippen molar-refractivity contribution in [3.8, 4) is 5.75 Å². The second kappa shape index (κ2) is 5.27. The van der Waals surface area contributed by atoms with Gasteiger partial charge in [0.15, 0.2) is 0 Å². The molecule has 17 heavy (non-hydrogen) atoms. The summed E-state index contributed by atoms with van der Waals surface area (Å²) < 4.78 is 35.5. The first-order valence-corrected chi connectivity index (χ1v) is 5.01. The van der Waals surface area contributed by atoms with Gasteiger partial charge in [0.05, 0.1) is 11.4 Å². The Hall–Kier alpha value is -1.43. The molecule has 0 bridgehead atoms. The summed E-state index contributed by atoms with van der Waals surface area (Å²) in [5.41, 5.74) is 0.236. The molecule has 0 aliphatic heterocycles. The number of halogens is 4. The van der Waals surface area contributed by atoms with Crippen LogP contribution >= 0.6 is 11.6 Å². The second-order valence-electron chi connectivity index (χ2n) is 3.33. The van der Waals surface area contributed by atoms with Gasteiger partial charge in [-0.3, -0.25) is 4.79 Å². The number of phenolic OH excluding ortho intramolecular Hbond substituents is 1. The molecule has 0 aliphatic carbocycles. The highest BCUT2D eigenvalue weighted by Gasteiger charge is 2.27. The zero-order valence-electron chi connectivity index (χ0n) is 8.51. The van der Waals surface area contributed by atoms with Crippen molar-refractivity contribution in [3.05, 3.63) is 23.2 Å². The maximum Gasteiger partial charge on any atom is 0.389 e. The standard InChI is InChI=1S/C10H9ClF3NO2/c11-7-5-6(1-2-8(7)16)15-9(17)3-4-10(12,13)14/h1-2,5,16H,3-4H2,(H,15,17). The predicted octanol–water partition coefficient (Wildman–Crippen LogP) is 3.33. The number of benzene rings is 1. The molecule has 0 radical (unpaired) electrons. The SMILES string of the molecule is O=C(CCC(F)(F)F)Nc1ccc(O)c(Cl)c1. The Labute approximate surface area is 100 Å². The van der Waals surface area contributed by atoms with Gasteiger partial charge in [0.1, 0.15) is 5.75 Å². The largest absolute Gasteiger partial charge is 0.506 e. The van der Waals surface area contributed by atoms with Crippen molar-refractivity contribution in [1.29, 1.82) is 0 Å². The van der Waals surface area contributed by atoms with Crippen LogP contribution in [-0.2, 0) is 4.79 Å². The minimum atomic E-state index is -4.36. The lowest BCUT2D eigenvalue weighted by Crippen LogP contribution is -2.16. The molecule has 1 aromatic carbocycles. The Bertz CT molecular complexity index is 421. The van der Waals surface area contributed by atoms with Crippen LogP contribution in [0.5, 0.6) is 5.75 Å². The molecular formula is C10H9ClF3NO2. The molecular weight excluding hydrogens is 259 g/mol. The van der Waals surface area contributed by atoms with Crippen LogP contribution < -0.4 is 5.32 Å². The molecule has 0 atom stereocenters. The number of nitrogens with one attached hydrogen (secondary N) is 1. The van der Waals surface area contributed by atoms with E-state index in [0.717, 1.165) is 0 Å². The number of carbonyl (C=O) groups is 1. The van der Waals surface area contributed by atoms with E-state index >= 15 is 0 Å². The molecule has 0 saturated heterocycles. The molecule has 0 heterocycles. The van der Waals surface area contributed by atoms with Crippen LogP contribution in [0, 0.1) is 0 Å². The van der Waals surface area contributed by atoms with Gasteiger partial charge in [0.2, 0.25) is 5.91 Å². The van der Waals surface area contributed by atoms with Crippen LogP contribution in [0.4, 0.5) is 18.9 Å². The van der Waals surface area contributed by atoms with Crippen molar-refractivity contribution in [3.63, 3.8) is 0 Å². The van der Waals surface area contributed by atoms with Gasteiger partial charge in [-0.05, 0) is 18.2 Å². The summed E-state index contributed by atoms with van der Waals surface area (Å²) in [6, 6.07) is 3.83. The van der Waals surface area contributed by atoms with Gasteiger partial charge in [-0.1, -0.05) is 11.6 Å². The average Bonchev–Trinajstić information content (AvgIpc) is 2.20. The summed E-state index contributed by atoms with van der Waals surface area (Å²) in [7, 11) is 0. The van der Waals surface area contributed by atoms with Gasteiger partial charge < -0.3 is 10.4 Å². The molecule has 0 unspecified atom stereocenters. The van der Waals surface area contributed by atoms with E-state index in [-0.39, 0.29) is 16.5 Å². The third-order valence-electron chi connectivity index (χ3n) is 1.87. The zero-order valence-corrected chi connectivity index (χ0v) is 9.27. The van der Waals surface area contributed by atoms with E-state index in [1.54, 1.807) is 0 Å². The Kier molecular flexibility index (Phi) is 4.22. The van der Waals surface area contributed by atoms with E-state index in [9.17, 15) is 18.0 Å². The monoisotopic (exact) mass is 267 g/mol. The fourth-order valence-corrected chi connectivity index (χ4v) is 1.24. The number of rotatable bonds is 3. The first-order valence-electron chi connectivity index (χ1n) is 4.63. The topological polar surface area (TPSA) is 49.3 Å². The molecule has 0 aromatic heterocycles. The highest BCUT2D eigenvalue weighted by molar-refractivity contribution is 6.32. The number of aromatic hydroxyl groups is 1. The average molecular weight is 268 g/mol. The Morgan fingerprint density at radius 3 is 2.59 bits per heavy atom. The van der Waals surface area contributed by atoms with Crippen molar-refractivity contribution < 1.29 is 23.1 Å². The van der Waals surface area contributed by atoms with Crippen LogP contribution in [0.25, 0.3) is 0 Å². The fourth-order valence-electron chi connectivity index (χ4n) is 1.06. The molecule has 0 saturated carbocycles. The summed E-state index contributed by atoms with van der Waals surface area (Å²) in [4.78, 5) is 11.1. The first-order chi connectivity index (χ1) is 7.78. The first kappa shape index (κ1) is 13.6. The highest BCUT2D eigenvalue weighted by Crippen LogP contribution is 2.26. The summed E-state index contributed by atoms with van der Waals surface area (Å²) in [5.74, 6) is -0.927. The molecule has 7 heteroatoms. The van der Waals surface area contributed by atoms with Gasteiger partial charge in [-0.2, -0.15) is 13.2 Å². The molecule has 0 spiro atoms. The lowest BCUT2D eigenvalue weighted by Gasteiger charge is -2.08. The molecule has 94 valence electrons. The normalized spacial score (nSPS) is 11.3. The van der Waals surface area contributed by atoms with Gasteiger partial charge >= 0.3 is 6.18 Å². The maximum atomic E-state index is 11.8. The zero-order chi connectivity index (χ0) is 13.1. The van der Waals surface area contributed by atoms with Crippen LogP contribution in [0.15, 0.2) is 18.2 Å². The van der Waals surface area contributed by atoms with Crippen LogP contribution in [0.3, 0.4) is 0 Å². The Balaban J connectivity index is 2.54. The van der Waals surface area contributed by atoms with Crippen molar-refractivity contribution in [2.45, 2.75) is 19.0 Å². The number of phenols is 1. The second-order valence-corrected chi connectivity index (χ2v) is 3.74. The molecule has 0 fully saturated rings. The molecule has 3 nitrogen and oxygen atoms in total. The van der Waals surface area contributed by atoms with E-state index in [2.05, 4.69) is 5.32 Å². The number of amides is 1. The van der Waals surface area contributed by atoms with Gasteiger partial charge in [-0.15, -0.1) is 0 Å². The third-order valence-corrected chi connectivity index (χ3v) is 2.17. The van der Waals surface area contributed by atoms with Crippen LogP contribution in [0.1, 0.15) is 12.8 Å². The van der Waals surface area contributed by atoms with Gasteiger partial charge in [0.25, 0.3) is 0 Å². The van der Waals surface area contributed by atoms with Crippen molar-refractivity contribution in [1.82, 2.24) is 0 Å². The van der Waals surface area contributed by atoms with E-state index in [0.29, 0.717) is 0 Å². The summed E-state index contributed by atoms with van der Waals surface area (Å²) in [6.07, 6.45) is -6.18. The lowest BCUT2D eigenvalue weighted by molar-refractivity contribution is -0.142. The summed E-state index contributed by atoms with van der Waals surface area (Å²) >= 11 is 5.57. The highest BCUT2D eigenvalue weighted by atomic mass is 35.5. The number of carbonyl (C=O) groups excluding carboxylic acids is 1. The fraction of sp³-hybridized carbons (Fsp3) is 0.300. The maximum absolute atomic E-state index is 11.8. The number of hydrogen-bond donors (Lipinski definition) is 2. The summed E-state index contributed by atoms with van der Waals surface area (Å²) in [6.45, 7) is 0. The van der Waals surface area contributed by atoms with Crippen molar-refractivity contribution in [2.24, 2.45) is 0 Å². The Morgan fingerprint density at radius 1 is 1.41 bits per heavy atom. The molecule has 1 amide bonds. The minimum Gasteiger partial charge on any atom is -0.506 e. The van der Waals surface area contributed by atoms with Gasteiger partial charge in [0, 0.05) is 12.1 Å². The number of anilines is 1. The molecule has 0 aliphatic rings. The van der Waals surface area contributed by atoms with E-state index in [4.69, 9.17) is 16.7 Å². The van der Waals surface area contributed by atoms with E-state index in [1.165, 1.54) is 18.2 Å². The minimum absolute atomic E-state index is 0.0126. The lowest BCUT2D eigenvalue weighted by atomic mass is 10.2. The quantitative estimate of drug-likeness (QED) is 0.826. The Morgan fingerprint density at radius 2 is 2.06 bits per heavy atom. The molecule has 2 N–H and O–H groups in total. The molecule has 1 aromatic rings. The van der Waals surface area contributed by atoms with Crippen molar-refractivity contribution in [2.75, 3.05) is 5.32 Å². The van der Waals surface area contributed by atoms with Crippen molar-refractivity contribution >= 4 is 23.2 Å². The smallest absolute Gasteiger partial charge is 0.389 e. The van der Waals surface area contributed by atoms with E-state index < -0.39 is 24.9 Å². The number of hydrogen-bond acceptors (Lipinski definition) is 2. The number of alkyl halides is 3. The van der Waals surface area contributed by atoms with Crippen LogP contribution in [-0.4, -0.2) is 17.2 Å². The predicted molar refractivity (Wildman–Crippen MR) is 57.0 cm³/mol. The third kappa shape index (κ3) is 4.95. The van der Waals surface area contributed by atoms with Crippen LogP contribution in [0.2, 0.25) is 5.02 Å². The molecule has 1 rings (SSSR count). The van der Waals surface area contributed by atoms with Gasteiger partial charge in [-0.25, -0.2) is 0 Å². The van der Waals surface area contributed by atoms with E-state index in [1.807, 2.05) is 0 Å².